The smallest absolute Gasteiger partial charge is 0.266 e. The van der Waals surface area contributed by atoms with Gasteiger partial charge in [-0.25, -0.2) is 0 Å². The van der Waals surface area contributed by atoms with Gasteiger partial charge < -0.3 is 0 Å². The van der Waals surface area contributed by atoms with Crippen molar-refractivity contribution in [1.82, 2.24) is 4.90 Å². The first-order valence-corrected chi connectivity index (χ1v) is 10.8. The lowest BCUT2D eigenvalue weighted by Crippen LogP contribution is -2.30. The number of hydrogen-bond donors (Lipinski definition) is 0. The maximum atomic E-state index is 12.6. The molecule has 1 aliphatic rings. The van der Waals surface area contributed by atoms with Gasteiger partial charge in [-0.3, -0.25) is 19.4 Å². The summed E-state index contributed by atoms with van der Waals surface area (Å²) in [5.74, 6) is -0.144. The van der Waals surface area contributed by atoms with E-state index in [2.05, 4.69) is 0 Å². The maximum absolute atomic E-state index is 12.6. The van der Waals surface area contributed by atoms with Crippen LogP contribution in [0.5, 0.6) is 0 Å². The van der Waals surface area contributed by atoms with Crippen LogP contribution in [0.15, 0.2) is 96.1 Å². The summed E-state index contributed by atoms with van der Waals surface area (Å²) >= 11 is 6.69. The van der Waals surface area contributed by atoms with Gasteiger partial charge in [0.05, 0.1) is 4.91 Å². The molecule has 0 aromatic heterocycles. The highest BCUT2D eigenvalue weighted by Crippen LogP contribution is 2.31. The van der Waals surface area contributed by atoms with E-state index >= 15 is 0 Å². The molecule has 0 atom stereocenters. The van der Waals surface area contributed by atoms with Crippen LogP contribution in [0.3, 0.4) is 0 Å². The Hall–Kier alpha value is -2.96. The van der Waals surface area contributed by atoms with E-state index in [0.717, 1.165) is 12.1 Å². The van der Waals surface area contributed by atoms with E-state index < -0.39 is 0 Å². The molecule has 0 unspecified atom stereocenters. The molecular formula is C24H22N2O2S2. The van der Waals surface area contributed by atoms with Gasteiger partial charge in [0.1, 0.15) is 4.32 Å². The molecule has 2 amide bonds. The SMILES string of the molecule is CC(=O)N(C=CC=CC=C1SC(=S)N(CCc2ccccc2)C1=O)c1ccccc1. The van der Waals surface area contributed by atoms with Crippen molar-refractivity contribution in [2.24, 2.45) is 0 Å². The molecule has 1 saturated heterocycles. The van der Waals surface area contributed by atoms with Crippen LogP contribution in [0.4, 0.5) is 5.69 Å². The minimum atomic E-state index is -0.0786. The van der Waals surface area contributed by atoms with Crippen LogP contribution < -0.4 is 4.90 Å². The molecule has 0 radical (unpaired) electrons. The first kappa shape index (κ1) is 21.7. The van der Waals surface area contributed by atoms with Crippen molar-refractivity contribution < 1.29 is 9.59 Å². The van der Waals surface area contributed by atoms with Crippen molar-refractivity contribution in [3.05, 3.63) is 102 Å². The molecule has 0 N–H and O–H groups in total. The molecule has 6 heteroatoms. The Morgan fingerprint density at radius 1 is 1.03 bits per heavy atom. The summed E-state index contributed by atoms with van der Waals surface area (Å²) in [5.41, 5.74) is 1.97. The Balaban J connectivity index is 1.59. The summed E-state index contributed by atoms with van der Waals surface area (Å²) in [4.78, 5) is 28.3. The predicted octanol–water partition coefficient (Wildman–Crippen LogP) is 5.10. The number of allylic oxidation sites excluding steroid dienone is 4. The maximum Gasteiger partial charge on any atom is 0.266 e. The third-order valence-electron chi connectivity index (χ3n) is 4.42. The third-order valence-corrected chi connectivity index (χ3v) is 5.82. The molecule has 1 aliphatic heterocycles. The van der Waals surface area contributed by atoms with Gasteiger partial charge in [0.15, 0.2) is 0 Å². The van der Waals surface area contributed by atoms with E-state index in [1.165, 1.54) is 24.2 Å². The average molecular weight is 435 g/mol. The first-order chi connectivity index (χ1) is 14.6. The number of thiocarbonyl (C=S) groups is 1. The van der Waals surface area contributed by atoms with Crippen molar-refractivity contribution in [3.63, 3.8) is 0 Å². The van der Waals surface area contributed by atoms with Gasteiger partial charge in [0.25, 0.3) is 5.91 Å². The molecule has 2 aromatic carbocycles. The lowest BCUT2D eigenvalue weighted by molar-refractivity contribution is -0.122. The average Bonchev–Trinajstić information content (AvgIpc) is 3.03. The minimum Gasteiger partial charge on any atom is -0.293 e. The Kier molecular flexibility index (Phi) is 7.76. The van der Waals surface area contributed by atoms with E-state index in [0.29, 0.717) is 15.8 Å². The van der Waals surface area contributed by atoms with Crippen molar-refractivity contribution >= 4 is 45.8 Å². The Morgan fingerprint density at radius 2 is 1.70 bits per heavy atom. The summed E-state index contributed by atoms with van der Waals surface area (Å²) in [5, 5.41) is 0. The standard InChI is InChI=1S/C24H22N2O2S2/c1-19(27)25(21-13-7-3-8-14-21)17-10-4-9-15-22-23(28)26(24(29)30-22)18-16-20-11-5-2-6-12-20/h2-15,17H,16,18H2,1H3. The minimum absolute atomic E-state index is 0.0655. The van der Waals surface area contributed by atoms with E-state index in [1.54, 1.807) is 40.3 Å². The van der Waals surface area contributed by atoms with Gasteiger partial charge in [-0.1, -0.05) is 84.7 Å². The molecule has 0 saturated carbocycles. The zero-order chi connectivity index (χ0) is 21.3. The molecule has 4 nitrogen and oxygen atoms in total. The molecule has 0 spiro atoms. The van der Waals surface area contributed by atoms with Crippen LogP contribution in [0.1, 0.15) is 12.5 Å². The van der Waals surface area contributed by atoms with Gasteiger partial charge in [-0.15, -0.1) is 0 Å². The summed E-state index contributed by atoms with van der Waals surface area (Å²) in [6, 6.07) is 19.5. The van der Waals surface area contributed by atoms with E-state index in [4.69, 9.17) is 12.2 Å². The summed E-state index contributed by atoms with van der Waals surface area (Å²) < 4.78 is 0.581. The van der Waals surface area contributed by atoms with Gasteiger partial charge >= 0.3 is 0 Å². The number of thioether (sulfide) groups is 1. The number of carbonyl (C=O) groups is 2. The van der Waals surface area contributed by atoms with E-state index in [9.17, 15) is 9.59 Å². The predicted molar refractivity (Wildman–Crippen MR) is 128 cm³/mol. The summed E-state index contributed by atoms with van der Waals surface area (Å²) in [7, 11) is 0. The molecule has 1 heterocycles. The Labute approximate surface area is 186 Å². The highest BCUT2D eigenvalue weighted by atomic mass is 32.2. The fourth-order valence-corrected chi connectivity index (χ4v) is 4.16. The van der Waals surface area contributed by atoms with Crippen LogP contribution in [0, 0.1) is 0 Å². The Morgan fingerprint density at radius 3 is 2.37 bits per heavy atom. The quantitative estimate of drug-likeness (QED) is 0.346. The van der Waals surface area contributed by atoms with E-state index in [1.807, 2.05) is 60.7 Å². The van der Waals surface area contributed by atoms with Crippen molar-refractivity contribution in [1.29, 1.82) is 0 Å². The zero-order valence-electron chi connectivity index (χ0n) is 16.6. The third kappa shape index (κ3) is 5.78. The van der Waals surface area contributed by atoms with Gasteiger partial charge in [0, 0.05) is 25.4 Å². The van der Waals surface area contributed by atoms with Crippen LogP contribution in [-0.4, -0.2) is 27.6 Å². The second-order valence-electron chi connectivity index (χ2n) is 6.54. The number of amides is 2. The zero-order valence-corrected chi connectivity index (χ0v) is 18.2. The van der Waals surface area contributed by atoms with Crippen molar-refractivity contribution in [3.8, 4) is 0 Å². The fraction of sp³-hybridized carbons (Fsp3) is 0.125. The fourth-order valence-electron chi connectivity index (χ4n) is 2.90. The number of rotatable bonds is 7. The normalized spacial score (nSPS) is 15.6. The number of carbonyl (C=O) groups excluding carboxylic acids is 2. The molecule has 1 fully saturated rings. The van der Waals surface area contributed by atoms with E-state index in [-0.39, 0.29) is 11.8 Å². The van der Waals surface area contributed by atoms with Crippen LogP contribution in [0.25, 0.3) is 0 Å². The molecule has 0 aliphatic carbocycles. The number of para-hydroxylation sites is 1. The number of benzene rings is 2. The second kappa shape index (κ2) is 10.7. The highest BCUT2D eigenvalue weighted by molar-refractivity contribution is 8.26. The van der Waals surface area contributed by atoms with Gasteiger partial charge in [-0.2, -0.15) is 0 Å². The molecule has 2 aromatic rings. The first-order valence-electron chi connectivity index (χ1n) is 9.54. The Bertz CT molecular complexity index is 998. The number of anilines is 1. The summed E-state index contributed by atoms with van der Waals surface area (Å²) in [6.07, 6.45) is 9.55. The molecule has 0 bridgehead atoms. The highest BCUT2D eigenvalue weighted by Gasteiger charge is 2.31. The molecule has 3 rings (SSSR count). The van der Waals surface area contributed by atoms with Gasteiger partial charge in [-0.05, 0) is 36.3 Å². The molecule has 30 heavy (non-hydrogen) atoms. The molecular weight excluding hydrogens is 412 g/mol. The lowest BCUT2D eigenvalue weighted by atomic mass is 10.1. The van der Waals surface area contributed by atoms with Crippen LogP contribution in [0.2, 0.25) is 0 Å². The molecule has 152 valence electrons. The van der Waals surface area contributed by atoms with Crippen molar-refractivity contribution in [2.45, 2.75) is 13.3 Å². The second-order valence-corrected chi connectivity index (χ2v) is 8.22. The number of hydrogen-bond acceptors (Lipinski definition) is 4. The van der Waals surface area contributed by atoms with Gasteiger partial charge in [0.2, 0.25) is 5.91 Å². The summed E-state index contributed by atoms with van der Waals surface area (Å²) in [6.45, 7) is 2.09. The van der Waals surface area contributed by atoms with Crippen molar-refractivity contribution in [2.75, 3.05) is 11.4 Å². The monoisotopic (exact) mass is 434 g/mol. The largest absolute Gasteiger partial charge is 0.293 e. The topological polar surface area (TPSA) is 40.6 Å². The van der Waals surface area contributed by atoms with Crippen LogP contribution >= 0.6 is 24.0 Å². The lowest BCUT2D eigenvalue weighted by Gasteiger charge is -2.15. The number of nitrogens with zero attached hydrogens (tertiary/aromatic N) is 2. The van der Waals surface area contributed by atoms with Crippen LogP contribution in [-0.2, 0) is 16.0 Å².